The van der Waals surface area contributed by atoms with E-state index in [1.807, 2.05) is 13.0 Å². The molecule has 0 saturated heterocycles. The molecule has 2 aromatic heterocycles. The van der Waals surface area contributed by atoms with Crippen molar-refractivity contribution in [2.45, 2.75) is 20.3 Å². The lowest BCUT2D eigenvalue weighted by Gasteiger charge is -2.12. The SMILES string of the molecule is COc1cc(C)cc2oc(=O)c(CC(=O)Nc3ccccn3)c(C)c12. The third kappa shape index (κ3) is 3.38. The van der Waals surface area contributed by atoms with Crippen LogP contribution in [0, 0.1) is 13.8 Å². The zero-order valence-electron chi connectivity index (χ0n) is 14.3. The summed E-state index contributed by atoms with van der Waals surface area (Å²) >= 11 is 0. The second-order valence-corrected chi connectivity index (χ2v) is 5.77. The number of nitrogens with one attached hydrogen (secondary N) is 1. The molecular formula is C19H18N2O4. The van der Waals surface area contributed by atoms with E-state index in [4.69, 9.17) is 9.15 Å². The highest BCUT2D eigenvalue weighted by Gasteiger charge is 2.18. The monoisotopic (exact) mass is 338 g/mol. The van der Waals surface area contributed by atoms with Crippen molar-refractivity contribution in [2.24, 2.45) is 0 Å². The number of amides is 1. The summed E-state index contributed by atoms with van der Waals surface area (Å²) in [5.41, 5.74) is 1.84. The number of pyridine rings is 1. The number of hydrogen-bond acceptors (Lipinski definition) is 5. The van der Waals surface area contributed by atoms with E-state index in [0.717, 1.165) is 5.56 Å². The molecule has 0 unspecified atom stereocenters. The van der Waals surface area contributed by atoms with Gasteiger partial charge in [-0.2, -0.15) is 0 Å². The van der Waals surface area contributed by atoms with Crippen molar-refractivity contribution in [2.75, 3.05) is 12.4 Å². The molecule has 1 aromatic carbocycles. The molecule has 6 heteroatoms. The normalized spacial score (nSPS) is 10.7. The molecule has 0 aliphatic rings. The van der Waals surface area contributed by atoms with E-state index in [1.54, 1.807) is 44.5 Å². The van der Waals surface area contributed by atoms with E-state index in [-0.39, 0.29) is 12.3 Å². The van der Waals surface area contributed by atoms with Crippen LogP contribution in [0.1, 0.15) is 16.7 Å². The molecule has 0 atom stereocenters. The molecule has 1 amide bonds. The first-order chi connectivity index (χ1) is 12.0. The van der Waals surface area contributed by atoms with Crippen molar-refractivity contribution < 1.29 is 13.9 Å². The summed E-state index contributed by atoms with van der Waals surface area (Å²) in [6.07, 6.45) is 1.48. The molecule has 6 nitrogen and oxygen atoms in total. The Kier molecular flexibility index (Phi) is 4.52. The first-order valence-electron chi connectivity index (χ1n) is 7.81. The second kappa shape index (κ2) is 6.76. The molecular weight excluding hydrogens is 320 g/mol. The standard InChI is InChI=1S/C19H18N2O4/c1-11-8-14(24-3)18-12(2)13(19(23)25-15(18)9-11)10-17(22)21-16-6-4-5-7-20-16/h4-9H,10H2,1-3H3,(H,20,21,22). The van der Waals surface area contributed by atoms with Gasteiger partial charge in [0.2, 0.25) is 5.91 Å². The molecule has 3 aromatic rings. The molecule has 0 fully saturated rings. The first kappa shape index (κ1) is 16.7. The van der Waals surface area contributed by atoms with Crippen molar-refractivity contribution in [3.05, 3.63) is 63.6 Å². The Morgan fingerprint density at radius 1 is 1.28 bits per heavy atom. The van der Waals surface area contributed by atoms with Crippen molar-refractivity contribution in [3.63, 3.8) is 0 Å². The van der Waals surface area contributed by atoms with Gasteiger partial charge in [0, 0.05) is 6.20 Å². The fourth-order valence-electron chi connectivity index (χ4n) is 2.79. The fraction of sp³-hybridized carbons (Fsp3) is 0.211. The minimum Gasteiger partial charge on any atom is -0.496 e. The predicted molar refractivity (Wildman–Crippen MR) is 95.1 cm³/mol. The van der Waals surface area contributed by atoms with Crippen LogP contribution in [0.3, 0.4) is 0 Å². The van der Waals surface area contributed by atoms with Gasteiger partial charge in [0.1, 0.15) is 17.2 Å². The smallest absolute Gasteiger partial charge is 0.340 e. The van der Waals surface area contributed by atoms with Gasteiger partial charge >= 0.3 is 5.63 Å². The lowest BCUT2D eigenvalue weighted by Crippen LogP contribution is -2.21. The molecule has 0 aliphatic carbocycles. The number of carbonyl (C=O) groups excluding carboxylic acids is 1. The van der Waals surface area contributed by atoms with Gasteiger partial charge in [-0.15, -0.1) is 0 Å². The number of hydrogen-bond donors (Lipinski definition) is 1. The van der Waals surface area contributed by atoms with Gasteiger partial charge in [-0.05, 0) is 49.2 Å². The number of carbonyl (C=O) groups is 1. The van der Waals surface area contributed by atoms with Crippen LogP contribution in [-0.4, -0.2) is 18.0 Å². The number of anilines is 1. The van der Waals surface area contributed by atoms with Crippen LogP contribution in [0.5, 0.6) is 5.75 Å². The summed E-state index contributed by atoms with van der Waals surface area (Å²) in [7, 11) is 1.56. The van der Waals surface area contributed by atoms with Crippen LogP contribution in [0.25, 0.3) is 11.0 Å². The Bertz CT molecular complexity index is 994. The number of fused-ring (bicyclic) bond motifs is 1. The third-order valence-electron chi connectivity index (χ3n) is 3.98. The minimum atomic E-state index is -0.520. The van der Waals surface area contributed by atoms with Crippen molar-refractivity contribution in [1.29, 1.82) is 0 Å². The highest BCUT2D eigenvalue weighted by molar-refractivity contribution is 5.93. The number of aromatic nitrogens is 1. The zero-order valence-corrected chi connectivity index (χ0v) is 14.3. The molecule has 1 N–H and O–H groups in total. The number of nitrogens with zero attached hydrogens (tertiary/aromatic N) is 1. The molecule has 0 spiro atoms. The van der Waals surface area contributed by atoms with E-state index < -0.39 is 5.63 Å². The number of aryl methyl sites for hydroxylation is 2. The lowest BCUT2D eigenvalue weighted by molar-refractivity contribution is -0.115. The van der Waals surface area contributed by atoms with E-state index >= 15 is 0 Å². The highest BCUT2D eigenvalue weighted by Crippen LogP contribution is 2.30. The number of ether oxygens (including phenoxy) is 1. The van der Waals surface area contributed by atoms with Crippen LogP contribution >= 0.6 is 0 Å². The van der Waals surface area contributed by atoms with Gasteiger partial charge < -0.3 is 14.5 Å². The zero-order chi connectivity index (χ0) is 18.0. The average Bonchev–Trinajstić information content (AvgIpc) is 2.58. The van der Waals surface area contributed by atoms with Crippen LogP contribution in [-0.2, 0) is 11.2 Å². The second-order valence-electron chi connectivity index (χ2n) is 5.77. The van der Waals surface area contributed by atoms with Gasteiger partial charge in [0.05, 0.1) is 24.5 Å². The largest absolute Gasteiger partial charge is 0.496 e. The molecule has 0 saturated carbocycles. The Morgan fingerprint density at radius 3 is 2.76 bits per heavy atom. The number of methoxy groups -OCH3 is 1. The summed E-state index contributed by atoms with van der Waals surface area (Å²) in [6.45, 7) is 3.69. The Hall–Kier alpha value is -3.15. The van der Waals surface area contributed by atoms with Crippen molar-refractivity contribution >= 4 is 22.7 Å². The van der Waals surface area contributed by atoms with E-state index in [2.05, 4.69) is 10.3 Å². The molecule has 2 heterocycles. The number of benzene rings is 1. The van der Waals surface area contributed by atoms with Gasteiger partial charge in [0.25, 0.3) is 0 Å². The van der Waals surface area contributed by atoms with Crippen molar-refractivity contribution in [1.82, 2.24) is 4.98 Å². The molecule has 25 heavy (non-hydrogen) atoms. The lowest BCUT2D eigenvalue weighted by atomic mass is 10.0. The highest BCUT2D eigenvalue weighted by atomic mass is 16.5. The summed E-state index contributed by atoms with van der Waals surface area (Å²) in [5, 5.41) is 3.37. The van der Waals surface area contributed by atoms with Crippen LogP contribution in [0.4, 0.5) is 5.82 Å². The summed E-state index contributed by atoms with van der Waals surface area (Å²) in [5.74, 6) is 0.714. The molecule has 0 bridgehead atoms. The molecule has 128 valence electrons. The summed E-state index contributed by atoms with van der Waals surface area (Å²) in [4.78, 5) is 28.7. The predicted octanol–water partition coefficient (Wildman–Crippen LogP) is 2.99. The first-order valence-corrected chi connectivity index (χ1v) is 7.81. The van der Waals surface area contributed by atoms with Crippen LogP contribution < -0.4 is 15.7 Å². The van der Waals surface area contributed by atoms with Crippen molar-refractivity contribution in [3.8, 4) is 5.75 Å². The average molecular weight is 338 g/mol. The maximum Gasteiger partial charge on any atom is 0.340 e. The third-order valence-corrected chi connectivity index (χ3v) is 3.98. The summed E-state index contributed by atoms with van der Waals surface area (Å²) < 4.78 is 10.8. The van der Waals surface area contributed by atoms with Crippen LogP contribution in [0.15, 0.2) is 45.7 Å². The van der Waals surface area contributed by atoms with Gasteiger partial charge in [-0.3, -0.25) is 4.79 Å². The minimum absolute atomic E-state index is 0.0995. The quantitative estimate of drug-likeness (QED) is 0.740. The van der Waals surface area contributed by atoms with E-state index in [1.165, 1.54) is 0 Å². The Balaban J connectivity index is 2.00. The fourth-order valence-corrected chi connectivity index (χ4v) is 2.79. The molecule has 0 aliphatic heterocycles. The van der Waals surface area contributed by atoms with Crippen LogP contribution in [0.2, 0.25) is 0 Å². The van der Waals surface area contributed by atoms with E-state index in [0.29, 0.717) is 33.7 Å². The van der Waals surface area contributed by atoms with E-state index in [9.17, 15) is 9.59 Å². The van der Waals surface area contributed by atoms with Gasteiger partial charge in [0.15, 0.2) is 0 Å². The van der Waals surface area contributed by atoms with Gasteiger partial charge in [-0.25, -0.2) is 9.78 Å². The Morgan fingerprint density at radius 2 is 2.08 bits per heavy atom. The topological polar surface area (TPSA) is 81.4 Å². The summed E-state index contributed by atoms with van der Waals surface area (Å²) in [6, 6.07) is 8.86. The molecule has 3 rings (SSSR count). The Labute approximate surface area is 144 Å². The van der Waals surface area contributed by atoms with Gasteiger partial charge in [-0.1, -0.05) is 6.07 Å². The molecule has 0 radical (unpaired) electrons. The maximum absolute atomic E-state index is 12.3. The number of rotatable bonds is 4. The maximum atomic E-state index is 12.3.